The fourth-order valence-electron chi connectivity index (χ4n) is 3.35. The molecule has 1 aromatic heterocycles. The van der Waals surface area contributed by atoms with Crippen molar-refractivity contribution < 1.29 is 27.6 Å². The molecular formula is C23H13F3N4O4S. The fraction of sp³-hybridized carbons (Fsp3) is 0.0435. The molecule has 0 atom stereocenters. The molecule has 0 saturated carbocycles. The molecule has 5 rings (SSSR count). The van der Waals surface area contributed by atoms with Crippen LogP contribution in [0.1, 0.15) is 5.56 Å². The number of fused-ring (bicyclic) bond motifs is 1. The number of nitrogens with zero attached hydrogens (tertiary/aromatic N) is 4. The molecule has 12 heteroatoms. The van der Waals surface area contributed by atoms with E-state index in [9.17, 15) is 23.3 Å². The van der Waals surface area contributed by atoms with Gasteiger partial charge < -0.3 is 9.47 Å². The predicted molar refractivity (Wildman–Crippen MR) is 121 cm³/mol. The maximum atomic E-state index is 14.6. The summed E-state index contributed by atoms with van der Waals surface area (Å²) in [6.45, 7) is -0.0734. The van der Waals surface area contributed by atoms with E-state index in [1.54, 1.807) is 11.4 Å². The molecule has 0 amide bonds. The summed E-state index contributed by atoms with van der Waals surface area (Å²) in [4.78, 5) is 15.3. The largest absolute Gasteiger partial charge is 0.454 e. The summed E-state index contributed by atoms with van der Waals surface area (Å²) in [6.07, 6.45) is 1.19. The molecule has 1 aliphatic rings. The number of nitro benzene ring substituents is 1. The van der Waals surface area contributed by atoms with Crippen molar-refractivity contribution in [3.05, 3.63) is 97.9 Å². The molecule has 35 heavy (non-hydrogen) atoms. The van der Waals surface area contributed by atoms with Crippen LogP contribution in [0.15, 0.2) is 70.1 Å². The Hall–Kier alpha value is -4.45. The highest BCUT2D eigenvalue weighted by molar-refractivity contribution is 7.07. The molecule has 0 fully saturated rings. The lowest BCUT2D eigenvalue weighted by Crippen LogP contribution is -2.12. The third kappa shape index (κ3) is 4.38. The summed E-state index contributed by atoms with van der Waals surface area (Å²) >= 11 is 1.03. The Bertz CT molecular complexity index is 1560. The third-order valence-corrected chi connectivity index (χ3v) is 5.81. The summed E-state index contributed by atoms with van der Waals surface area (Å²) < 4.78 is 53.8. The number of ether oxygens (including phenoxy) is 2. The van der Waals surface area contributed by atoms with Crippen LogP contribution in [0.3, 0.4) is 0 Å². The Kier molecular flexibility index (Phi) is 5.79. The Morgan fingerprint density at radius 1 is 1.03 bits per heavy atom. The first kappa shape index (κ1) is 22.3. The highest BCUT2D eigenvalue weighted by atomic mass is 32.1. The number of benzene rings is 3. The predicted octanol–water partition coefficient (Wildman–Crippen LogP) is 5.39. The van der Waals surface area contributed by atoms with Gasteiger partial charge >= 0.3 is 0 Å². The molecular weight excluding hydrogens is 485 g/mol. The lowest BCUT2D eigenvalue weighted by atomic mass is 10.1. The molecule has 3 aromatic carbocycles. The van der Waals surface area contributed by atoms with E-state index in [1.807, 2.05) is 0 Å². The standard InChI is InChI=1S/C23H13F3N4O4S/c24-14-5-6-18(17(26)8-14)28-23-29(20(11-35-23)15-3-1-2-4-16(15)25)27-10-13-7-21-22(34-12-33-21)9-19(13)30(31)32/h1-11H,12H2. The van der Waals surface area contributed by atoms with Gasteiger partial charge in [0.05, 0.1) is 28.5 Å². The smallest absolute Gasteiger partial charge is 0.282 e. The molecule has 0 N–H and O–H groups in total. The number of nitro groups is 1. The van der Waals surface area contributed by atoms with Gasteiger partial charge in [-0.1, -0.05) is 12.1 Å². The van der Waals surface area contributed by atoms with E-state index in [0.717, 1.165) is 23.5 Å². The van der Waals surface area contributed by atoms with Gasteiger partial charge in [-0.15, -0.1) is 11.3 Å². The van der Waals surface area contributed by atoms with Crippen LogP contribution < -0.4 is 14.3 Å². The molecule has 2 heterocycles. The van der Waals surface area contributed by atoms with Crippen LogP contribution in [0.4, 0.5) is 24.5 Å². The normalized spacial score (nSPS) is 13.1. The summed E-state index contributed by atoms with van der Waals surface area (Å²) in [6, 6.07) is 11.5. The minimum absolute atomic E-state index is 0.0734. The average Bonchev–Trinajstić information content (AvgIpc) is 3.45. The Labute approximate surface area is 199 Å². The van der Waals surface area contributed by atoms with Crippen molar-refractivity contribution in [2.45, 2.75) is 0 Å². The molecule has 0 aliphatic carbocycles. The second-order valence-corrected chi connectivity index (χ2v) is 8.01. The molecule has 1 aliphatic heterocycles. The summed E-state index contributed by atoms with van der Waals surface area (Å²) in [5.41, 5.74) is 0.100. The number of halogens is 3. The van der Waals surface area contributed by atoms with E-state index in [-0.39, 0.29) is 45.5 Å². The van der Waals surface area contributed by atoms with Gasteiger partial charge in [-0.25, -0.2) is 22.8 Å². The SMILES string of the molecule is O=[N+]([O-])c1cc2c(cc1C=Nn1c(-c3ccccc3F)csc1=Nc1ccc(F)cc1F)OCO2. The maximum absolute atomic E-state index is 14.6. The van der Waals surface area contributed by atoms with Gasteiger partial charge in [0.25, 0.3) is 5.69 Å². The Balaban J connectivity index is 1.68. The third-order valence-electron chi connectivity index (χ3n) is 4.99. The fourth-order valence-corrected chi connectivity index (χ4v) is 4.19. The lowest BCUT2D eigenvalue weighted by molar-refractivity contribution is -0.385. The van der Waals surface area contributed by atoms with Crippen molar-refractivity contribution in [2.24, 2.45) is 10.1 Å². The molecule has 176 valence electrons. The minimum Gasteiger partial charge on any atom is -0.454 e. The van der Waals surface area contributed by atoms with Crippen LogP contribution in [0, 0.1) is 27.6 Å². The summed E-state index contributed by atoms with van der Waals surface area (Å²) in [5.74, 6) is -1.66. The number of thiazole rings is 1. The van der Waals surface area contributed by atoms with Crippen molar-refractivity contribution in [3.63, 3.8) is 0 Å². The number of hydrogen-bond acceptors (Lipinski definition) is 7. The monoisotopic (exact) mass is 498 g/mol. The first-order valence-electron chi connectivity index (χ1n) is 9.98. The van der Waals surface area contributed by atoms with Crippen LogP contribution in [0.2, 0.25) is 0 Å². The van der Waals surface area contributed by atoms with Crippen LogP contribution in [0.25, 0.3) is 11.3 Å². The Morgan fingerprint density at radius 2 is 1.80 bits per heavy atom. The second-order valence-electron chi connectivity index (χ2n) is 7.17. The van der Waals surface area contributed by atoms with Gasteiger partial charge in [-0.05, 0) is 30.3 Å². The zero-order chi connectivity index (χ0) is 24.5. The van der Waals surface area contributed by atoms with Crippen molar-refractivity contribution in [2.75, 3.05) is 6.79 Å². The number of hydrogen-bond donors (Lipinski definition) is 0. The quantitative estimate of drug-likeness (QED) is 0.210. The van der Waals surface area contributed by atoms with Gasteiger partial charge in [0.1, 0.15) is 17.3 Å². The van der Waals surface area contributed by atoms with Crippen molar-refractivity contribution in [3.8, 4) is 22.8 Å². The average molecular weight is 498 g/mol. The second kappa shape index (κ2) is 9.06. The highest BCUT2D eigenvalue weighted by Crippen LogP contribution is 2.37. The van der Waals surface area contributed by atoms with Crippen LogP contribution >= 0.6 is 11.3 Å². The molecule has 0 bridgehead atoms. The highest BCUT2D eigenvalue weighted by Gasteiger charge is 2.23. The van der Waals surface area contributed by atoms with Gasteiger partial charge in [-0.3, -0.25) is 10.1 Å². The van der Waals surface area contributed by atoms with Gasteiger partial charge in [-0.2, -0.15) is 5.10 Å². The van der Waals surface area contributed by atoms with Gasteiger partial charge in [0.2, 0.25) is 11.6 Å². The summed E-state index contributed by atoms with van der Waals surface area (Å²) in [5, 5.41) is 17.5. The van der Waals surface area contributed by atoms with Gasteiger partial charge in [0.15, 0.2) is 17.3 Å². The lowest BCUT2D eigenvalue weighted by Gasteiger charge is -2.05. The number of aromatic nitrogens is 1. The van der Waals surface area contributed by atoms with E-state index in [0.29, 0.717) is 11.8 Å². The van der Waals surface area contributed by atoms with Gasteiger partial charge in [0, 0.05) is 17.0 Å². The summed E-state index contributed by atoms with van der Waals surface area (Å²) in [7, 11) is 0. The zero-order valence-corrected chi connectivity index (χ0v) is 18.3. The molecule has 4 aromatic rings. The topological polar surface area (TPSA) is 91.2 Å². The first-order valence-corrected chi connectivity index (χ1v) is 10.9. The number of rotatable bonds is 5. The van der Waals surface area contributed by atoms with E-state index in [1.165, 1.54) is 41.2 Å². The molecule has 8 nitrogen and oxygen atoms in total. The van der Waals surface area contributed by atoms with E-state index >= 15 is 0 Å². The van der Waals surface area contributed by atoms with E-state index in [4.69, 9.17) is 9.47 Å². The molecule has 0 saturated heterocycles. The Morgan fingerprint density at radius 3 is 2.54 bits per heavy atom. The van der Waals surface area contributed by atoms with Crippen molar-refractivity contribution >= 4 is 28.9 Å². The van der Waals surface area contributed by atoms with Crippen LogP contribution in [-0.2, 0) is 0 Å². The maximum Gasteiger partial charge on any atom is 0.282 e. The van der Waals surface area contributed by atoms with Crippen molar-refractivity contribution in [1.82, 2.24) is 4.68 Å². The van der Waals surface area contributed by atoms with Crippen molar-refractivity contribution in [1.29, 1.82) is 0 Å². The molecule has 0 spiro atoms. The van der Waals surface area contributed by atoms with E-state index in [2.05, 4.69) is 10.1 Å². The van der Waals surface area contributed by atoms with Crippen LogP contribution in [-0.4, -0.2) is 22.6 Å². The minimum atomic E-state index is -0.896. The first-order chi connectivity index (χ1) is 16.9. The van der Waals surface area contributed by atoms with Crippen LogP contribution in [0.5, 0.6) is 11.5 Å². The molecule has 0 unspecified atom stereocenters. The molecule has 0 radical (unpaired) electrons. The zero-order valence-electron chi connectivity index (χ0n) is 17.5. The van der Waals surface area contributed by atoms with E-state index < -0.39 is 22.4 Å².